The molecule has 1 aromatic rings. The quantitative estimate of drug-likeness (QED) is 0.756. The lowest BCUT2D eigenvalue weighted by atomic mass is 10.2. The molecule has 1 heterocycles. The molecule has 0 amide bonds. The van der Waals surface area contributed by atoms with E-state index in [0.29, 0.717) is 11.6 Å². The smallest absolute Gasteiger partial charge is 0.239 e. The Labute approximate surface area is 84.5 Å². The van der Waals surface area contributed by atoms with E-state index in [0.717, 1.165) is 5.82 Å². The van der Waals surface area contributed by atoms with Gasteiger partial charge in [-0.3, -0.25) is 0 Å². The summed E-state index contributed by atoms with van der Waals surface area (Å²) in [5.74, 6) is 1.22. The van der Waals surface area contributed by atoms with E-state index in [1.165, 1.54) is 0 Å². The maximum absolute atomic E-state index is 5.74. The summed E-state index contributed by atoms with van der Waals surface area (Å²) in [6.07, 6.45) is 0. The molecular formula is C10H17N3O. The SMILES string of the molecule is CNc1ccc(N)c(OC(C)(C)C)n1. The van der Waals surface area contributed by atoms with Gasteiger partial charge in [0, 0.05) is 7.05 Å². The van der Waals surface area contributed by atoms with Crippen molar-refractivity contribution in [3.8, 4) is 5.88 Å². The summed E-state index contributed by atoms with van der Waals surface area (Å²) in [7, 11) is 1.80. The van der Waals surface area contributed by atoms with Crippen molar-refractivity contribution in [2.75, 3.05) is 18.1 Å². The van der Waals surface area contributed by atoms with E-state index in [9.17, 15) is 0 Å². The first kappa shape index (κ1) is 10.6. The first-order valence-corrected chi connectivity index (χ1v) is 4.55. The van der Waals surface area contributed by atoms with E-state index in [4.69, 9.17) is 10.5 Å². The number of nitrogens with zero attached hydrogens (tertiary/aromatic N) is 1. The van der Waals surface area contributed by atoms with Crippen LogP contribution in [0.5, 0.6) is 5.88 Å². The van der Waals surface area contributed by atoms with E-state index in [1.807, 2.05) is 26.8 Å². The molecule has 0 bridgehead atoms. The zero-order valence-corrected chi connectivity index (χ0v) is 9.09. The molecular weight excluding hydrogens is 178 g/mol. The van der Waals surface area contributed by atoms with Crippen molar-refractivity contribution in [2.45, 2.75) is 26.4 Å². The predicted molar refractivity (Wildman–Crippen MR) is 58.6 cm³/mol. The van der Waals surface area contributed by atoms with Crippen LogP contribution in [0.3, 0.4) is 0 Å². The molecule has 78 valence electrons. The molecule has 0 aliphatic rings. The Hall–Kier alpha value is -1.45. The summed E-state index contributed by atoms with van der Waals surface area (Å²) in [6, 6.07) is 3.59. The van der Waals surface area contributed by atoms with Crippen LogP contribution in [-0.4, -0.2) is 17.6 Å². The summed E-state index contributed by atoms with van der Waals surface area (Å²) in [6.45, 7) is 5.88. The average molecular weight is 195 g/mol. The normalized spacial score (nSPS) is 11.1. The van der Waals surface area contributed by atoms with Crippen LogP contribution in [0.25, 0.3) is 0 Å². The maximum Gasteiger partial charge on any atom is 0.239 e. The minimum absolute atomic E-state index is 0.284. The lowest BCUT2D eigenvalue weighted by Gasteiger charge is -2.21. The number of nitrogens with one attached hydrogen (secondary N) is 1. The molecule has 0 saturated carbocycles. The molecule has 0 unspecified atom stereocenters. The van der Waals surface area contributed by atoms with Crippen molar-refractivity contribution < 1.29 is 4.74 Å². The number of aromatic nitrogens is 1. The Morgan fingerprint density at radius 2 is 2.00 bits per heavy atom. The zero-order valence-electron chi connectivity index (χ0n) is 9.09. The number of hydrogen-bond donors (Lipinski definition) is 2. The van der Waals surface area contributed by atoms with Gasteiger partial charge in [0.2, 0.25) is 5.88 Å². The van der Waals surface area contributed by atoms with E-state index >= 15 is 0 Å². The second-order valence-corrected chi connectivity index (χ2v) is 4.06. The minimum Gasteiger partial charge on any atom is -0.470 e. The third kappa shape index (κ3) is 2.80. The van der Waals surface area contributed by atoms with E-state index < -0.39 is 0 Å². The van der Waals surface area contributed by atoms with Gasteiger partial charge >= 0.3 is 0 Å². The number of anilines is 2. The molecule has 0 radical (unpaired) electrons. The highest BCUT2D eigenvalue weighted by Gasteiger charge is 2.15. The van der Waals surface area contributed by atoms with Crippen molar-refractivity contribution in [3.05, 3.63) is 12.1 Å². The number of rotatable bonds is 2. The van der Waals surface area contributed by atoms with Crippen molar-refractivity contribution >= 4 is 11.5 Å². The minimum atomic E-state index is -0.284. The highest BCUT2D eigenvalue weighted by Crippen LogP contribution is 2.24. The molecule has 1 aromatic heterocycles. The highest BCUT2D eigenvalue weighted by atomic mass is 16.5. The van der Waals surface area contributed by atoms with Crippen molar-refractivity contribution in [1.82, 2.24) is 4.98 Å². The standard InChI is InChI=1S/C10H17N3O/c1-10(2,3)14-9-7(11)5-6-8(12-4)13-9/h5-6H,11H2,1-4H3,(H,12,13). The summed E-state index contributed by atoms with van der Waals surface area (Å²) in [5.41, 5.74) is 6.01. The molecule has 0 aliphatic carbocycles. The van der Waals surface area contributed by atoms with Crippen LogP contribution >= 0.6 is 0 Å². The van der Waals surface area contributed by atoms with E-state index in [-0.39, 0.29) is 5.60 Å². The molecule has 1 rings (SSSR count). The van der Waals surface area contributed by atoms with Gasteiger partial charge in [0.15, 0.2) is 0 Å². The number of hydrogen-bond acceptors (Lipinski definition) is 4. The van der Waals surface area contributed by atoms with Gasteiger partial charge in [0.1, 0.15) is 11.4 Å². The first-order chi connectivity index (χ1) is 6.42. The molecule has 0 spiro atoms. The van der Waals surface area contributed by atoms with Crippen LogP contribution in [0.4, 0.5) is 11.5 Å². The van der Waals surface area contributed by atoms with Crippen molar-refractivity contribution in [2.24, 2.45) is 0 Å². The number of pyridine rings is 1. The summed E-state index contributed by atoms with van der Waals surface area (Å²) >= 11 is 0. The van der Waals surface area contributed by atoms with Crippen molar-refractivity contribution in [1.29, 1.82) is 0 Å². The molecule has 4 nitrogen and oxygen atoms in total. The maximum atomic E-state index is 5.74. The molecule has 0 saturated heterocycles. The predicted octanol–water partition coefficient (Wildman–Crippen LogP) is 1.88. The fourth-order valence-corrected chi connectivity index (χ4v) is 0.962. The molecule has 0 aromatic carbocycles. The van der Waals surface area contributed by atoms with Gasteiger partial charge in [0.05, 0.1) is 5.69 Å². The molecule has 0 fully saturated rings. The van der Waals surface area contributed by atoms with Crippen LogP contribution in [0.15, 0.2) is 12.1 Å². The Kier molecular flexibility index (Phi) is 2.84. The molecule has 3 N–H and O–H groups in total. The van der Waals surface area contributed by atoms with Gasteiger partial charge in [-0.15, -0.1) is 0 Å². The lowest BCUT2D eigenvalue weighted by molar-refractivity contribution is 0.125. The van der Waals surface area contributed by atoms with E-state index in [2.05, 4.69) is 10.3 Å². The Bertz CT molecular complexity index is 318. The Balaban J connectivity index is 2.95. The summed E-state index contributed by atoms with van der Waals surface area (Å²) in [4.78, 5) is 4.22. The summed E-state index contributed by atoms with van der Waals surface area (Å²) < 4.78 is 5.60. The Morgan fingerprint density at radius 1 is 1.36 bits per heavy atom. The van der Waals surface area contributed by atoms with Crippen LogP contribution in [-0.2, 0) is 0 Å². The molecule has 0 atom stereocenters. The van der Waals surface area contributed by atoms with Gasteiger partial charge in [0.25, 0.3) is 0 Å². The topological polar surface area (TPSA) is 60.2 Å². The van der Waals surface area contributed by atoms with Gasteiger partial charge in [-0.05, 0) is 32.9 Å². The van der Waals surface area contributed by atoms with Crippen molar-refractivity contribution in [3.63, 3.8) is 0 Å². The van der Waals surface area contributed by atoms with E-state index in [1.54, 1.807) is 13.1 Å². The fraction of sp³-hybridized carbons (Fsp3) is 0.500. The van der Waals surface area contributed by atoms with Gasteiger partial charge in [-0.1, -0.05) is 0 Å². The third-order valence-corrected chi connectivity index (χ3v) is 1.55. The largest absolute Gasteiger partial charge is 0.470 e. The monoisotopic (exact) mass is 195 g/mol. The molecule has 0 aliphatic heterocycles. The van der Waals surface area contributed by atoms with Crippen LogP contribution in [0.2, 0.25) is 0 Å². The molecule has 4 heteroatoms. The van der Waals surface area contributed by atoms with Gasteiger partial charge < -0.3 is 15.8 Å². The second-order valence-electron chi connectivity index (χ2n) is 4.06. The zero-order chi connectivity index (χ0) is 10.8. The Morgan fingerprint density at radius 3 is 2.50 bits per heavy atom. The van der Waals surface area contributed by atoms with Crippen LogP contribution in [0.1, 0.15) is 20.8 Å². The van der Waals surface area contributed by atoms with Gasteiger partial charge in [-0.25, -0.2) is 0 Å². The average Bonchev–Trinajstić information content (AvgIpc) is 2.06. The second kappa shape index (κ2) is 3.74. The first-order valence-electron chi connectivity index (χ1n) is 4.55. The highest BCUT2D eigenvalue weighted by molar-refractivity contribution is 5.53. The van der Waals surface area contributed by atoms with Gasteiger partial charge in [-0.2, -0.15) is 4.98 Å². The number of nitrogen functional groups attached to an aromatic ring is 1. The molecule has 14 heavy (non-hydrogen) atoms. The van der Waals surface area contributed by atoms with Crippen LogP contribution in [0, 0.1) is 0 Å². The van der Waals surface area contributed by atoms with Crippen LogP contribution < -0.4 is 15.8 Å². The number of nitrogens with two attached hydrogens (primary N) is 1. The third-order valence-electron chi connectivity index (χ3n) is 1.55. The lowest BCUT2D eigenvalue weighted by Crippen LogP contribution is -2.24. The number of ether oxygens (including phenoxy) is 1. The fourth-order valence-electron chi connectivity index (χ4n) is 0.962. The summed E-state index contributed by atoms with van der Waals surface area (Å²) in [5, 5.41) is 2.93.